The molecule has 16 heavy (non-hydrogen) atoms. The second-order valence-corrected chi connectivity index (χ2v) is 4.70. The molecule has 0 saturated heterocycles. The molecular weight excluding hydrogens is 226 g/mol. The molecule has 0 radical (unpaired) electrons. The highest BCUT2D eigenvalue weighted by Crippen LogP contribution is 2.28. The van der Waals surface area contributed by atoms with Crippen molar-refractivity contribution < 1.29 is 0 Å². The van der Waals surface area contributed by atoms with E-state index in [4.69, 9.17) is 11.6 Å². The van der Waals surface area contributed by atoms with Gasteiger partial charge in [-0.3, -0.25) is 8.97 Å². The van der Waals surface area contributed by atoms with Crippen molar-refractivity contribution in [3.8, 4) is 0 Å². The minimum absolute atomic E-state index is 0.0908. The van der Waals surface area contributed by atoms with Crippen molar-refractivity contribution in [1.29, 1.82) is 0 Å². The van der Waals surface area contributed by atoms with E-state index in [0.717, 1.165) is 6.54 Å². The summed E-state index contributed by atoms with van der Waals surface area (Å²) in [7, 11) is 0. The standard InChI is InChI=1S/C11H12ClN3O/c12-9-6-10-13-4-5-14(10)11(16)15(9)7-8-2-1-3-8/h4-6,8H,1-3,7H2. The van der Waals surface area contributed by atoms with E-state index in [1.165, 1.54) is 23.7 Å². The van der Waals surface area contributed by atoms with Crippen LogP contribution in [0.4, 0.5) is 0 Å². The van der Waals surface area contributed by atoms with Crippen molar-refractivity contribution in [2.45, 2.75) is 25.8 Å². The van der Waals surface area contributed by atoms with Crippen LogP contribution in [0.3, 0.4) is 0 Å². The largest absolute Gasteiger partial charge is 0.335 e. The Morgan fingerprint density at radius 2 is 2.31 bits per heavy atom. The van der Waals surface area contributed by atoms with Gasteiger partial charge in [0, 0.05) is 25.0 Å². The molecular formula is C11H12ClN3O. The van der Waals surface area contributed by atoms with Crippen LogP contribution in [0.5, 0.6) is 0 Å². The van der Waals surface area contributed by atoms with Gasteiger partial charge in [0.1, 0.15) is 10.8 Å². The Morgan fingerprint density at radius 1 is 1.50 bits per heavy atom. The van der Waals surface area contributed by atoms with Crippen molar-refractivity contribution >= 4 is 17.2 Å². The number of halogens is 1. The Labute approximate surface area is 97.5 Å². The van der Waals surface area contributed by atoms with Crippen LogP contribution in [0.1, 0.15) is 19.3 Å². The maximum atomic E-state index is 12.1. The first-order valence-electron chi connectivity index (χ1n) is 5.48. The van der Waals surface area contributed by atoms with Gasteiger partial charge in [-0.05, 0) is 18.8 Å². The van der Waals surface area contributed by atoms with E-state index in [0.29, 0.717) is 16.7 Å². The quantitative estimate of drug-likeness (QED) is 0.749. The molecule has 2 aromatic rings. The lowest BCUT2D eigenvalue weighted by atomic mass is 9.85. The summed E-state index contributed by atoms with van der Waals surface area (Å²) in [5.74, 6) is 0.608. The number of hydrogen-bond acceptors (Lipinski definition) is 2. The van der Waals surface area contributed by atoms with Gasteiger partial charge in [-0.1, -0.05) is 18.0 Å². The van der Waals surface area contributed by atoms with Gasteiger partial charge in [0.05, 0.1) is 0 Å². The summed E-state index contributed by atoms with van der Waals surface area (Å²) in [5.41, 5.74) is 0.520. The lowest BCUT2D eigenvalue weighted by Gasteiger charge is -2.26. The number of imidazole rings is 1. The highest BCUT2D eigenvalue weighted by molar-refractivity contribution is 6.29. The predicted octanol–water partition coefficient (Wildman–Crippen LogP) is 1.95. The lowest BCUT2D eigenvalue weighted by Crippen LogP contribution is -2.31. The van der Waals surface area contributed by atoms with E-state index in [1.54, 1.807) is 23.0 Å². The third kappa shape index (κ3) is 1.45. The first kappa shape index (κ1) is 9.90. The molecule has 2 aromatic heterocycles. The Hall–Kier alpha value is -1.29. The molecule has 0 amide bonds. The molecule has 4 nitrogen and oxygen atoms in total. The summed E-state index contributed by atoms with van der Waals surface area (Å²) in [4.78, 5) is 16.1. The maximum Gasteiger partial charge on any atom is 0.335 e. The van der Waals surface area contributed by atoms with E-state index in [2.05, 4.69) is 4.98 Å². The zero-order valence-electron chi connectivity index (χ0n) is 8.77. The zero-order valence-corrected chi connectivity index (χ0v) is 9.52. The van der Waals surface area contributed by atoms with Gasteiger partial charge in [0.15, 0.2) is 0 Å². The molecule has 0 N–H and O–H groups in total. The lowest BCUT2D eigenvalue weighted by molar-refractivity contribution is 0.272. The third-order valence-electron chi connectivity index (χ3n) is 3.28. The number of nitrogens with zero attached hydrogens (tertiary/aromatic N) is 3. The van der Waals surface area contributed by atoms with Gasteiger partial charge in [0.25, 0.3) is 0 Å². The molecule has 0 aliphatic heterocycles. The highest BCUT2D eigenvalue weighted by atomic mass is 35.5. The number of aromatic nitrogens is 3. The first-order valence-corrected chi connectivity index (χ1v) is 5.86. The molecule has 0 bridgehead atoms. The fourth-order valence-corrected chi connectivity index (χ4v) is 2.33. The molecule has 0 atom stereocenters. The van der Waals surface area contributed by atoms with Gasteiger partial charge in [-0.2, -0.15) is 0 Å². The Balaban J connectivity index is 2.10. The summed E-state index contributed by atoms with van der Waals surface area (Å²) in [6, 6.07) is 1.74. The van der Waals surface area contributed by atoms with Crippen LogP contribution in [0.15, 0.2) is 23.3 Å². The van der Waals surface area contributed by atoms with Gasteiger partial charge in [-0.15, -0.1) is 0 Å². The predicted molar refractivity (Wildman–Crippen MR) is 61.8 cm³/mol. The van der Waals surface area contributed by atoms with E-state index in [-0.39, 0.29) is 5.69 Å². The average Bonchev–Trinajstić information content (AvgIpc) is 2.62. The topological polar surface area (TPSA) is 39.3 Å². The minimum atomic E-state index is -0.0908. The summed E-state index contributed by atoms with van der Waals surface area (Å²) in [6.07, 6.45) is 6.95. The molecule has 0 unspecified atom stereocenters. The molecule has 1 aliphatic carbocycles. The second kappa shape index (κ2) is 3.63. The van der Waals surface area contributed by atoms with Gasteiger partial charge in [0.2, 0.25) is 0 Å². The summed E-state index contributed by atoms with van der Waals surface area (Å²) >= 11 is 6.10. The first-order chi connectivity index (χ1) is 7.75. The molecule has 1 fully saturated rings. The highest BCUT2D eigenvalue weighted by Gasteiger charge is 2.20. The normalized spacial score (nSPS) is 16.6. The van der Waals surface area contributed by atoms with Crippen LogP contribution >= 0.6 is 11.6 Å². The summed E-state index contributed by atoms with van der Waals surface area (Å²) < 4.78 is 3.17. The van der Waals surface area contributed by atoms with Crippen molar-refractivity contribution in [2.75, 3.05) is 0 Å². The van der Waals surface area contributed by atoms with Crippen LogP contribution in [0.25, 0.3) is 5.65 Å². The zero-order chi connectivity index (χ0) is 11.1. The third-order valence-corrected chi connectivity index (χ3v) is 3.59. The Kier molecular flexibility index (Phi) is 2.24. The Morgan fingerprint density at radius 3 is 3.00 bits per heavy atom. The molecule has 3 rings (SSSR count). The monoisotopic (exact) mass is 237 g/mol. The minimum Gasteiger partial charge on any atom is -0.283 e. The van der Waals surface area contributed by atoms with Crippen LogP contribution < -0.4 is 5.69 Å². The number of hydrogen-bond donors (Lipinski definition) is 0. The fraction of sp³-hybridized carbons (Fsp3) is 0.455. The SMILES string of the molecule is O=c1n(CC2CCC2)c(Cl)cc2nccn12. The van der Waals surface area contributed by atoms with E-state index < -0.39 is 0 Å². The van der Waals surface area contributed by atoms with Gasteiger partial charge >= 0.3 is 5.69 Å². The smallest absolute Gasteiger partial charge is 0.283 e. The second-order valence-electron chi connectivity index (χ2n) is 4.31. The molecule has 1 saturated carbocycles. The van der Waals surface area contributed by atoms with Gasteiger partial charge in [-0.25, -0.2) is 9.78 Å². The van der Waals surface area contributed by atoms with Crippen LogP contribution in [-0.2, 0) is 6.54 Å². The summed E-state index contributed by atoms with van der Waals surface area (Å²) in [6.45, 7) is 0.728. The van der Waals surface area contributed by atoms with Crippen molar-refractivity contribution in [3.63, 3.8) is 0 Å². The average molecular weight is 238 g/mol. The molecule has 84 valence electrons. The van der Waals surface area contributed by atoms with Crippen molar-refractivity contribution in [2.24, 2.45) is 5.92 Å². The number of rotatable bonds is 2. The number of fused-ring (bicyclic) bond motifs is 1. The summed E-state index contributed by atoms with van der Waals surface area (Å²) in [5, 5.41) is 0.482. The van der Waals surface area contributed by atoms with Crippen molar-refractivity contribution in [1.82, 2.24) is 14.0 Å². The molecule has 1 aliphatic rings. The van der Waals surface area contributed by atoms with E-state index >= 15 is 0 Å². The maximum absolute atomic E-state index is 12.1. The molecule has 0 aromatic carbocycles. The molecule has 5 heteroatoms. The molecule has 2 heterocycles. The fourth-order valence-electron chi connectivity index (χ4n) is 2.09. The van der Waals surface area contributed by atoms with E-state index in [9.17, 15) is 4.79 Å². The van der Waals surface area contributed by atoms with Crippen LogP contribution in [0, 0.1) is 5.92 Å². The van der Waals surface area contributed by atoms with Crippen LogP contribution in [-0.4, -0.2) is 14.0 Å². The van der Waals surface area contributed by atoms with Crippen molar-refractivity contribution in [3.05, 3.63) is 34.1 Å². The molecule has 0 spiro atoms. The Bertz CT molecular complexity index is 582. The van der Waals surface area contributed by atoms with Crippen LogP contribution in [0.2, 0.25) is 5.15 Å². The van der Waals surface area contributed by atoms with E-state index in [1.807, 2.05) is 0 Å². The van der Waals surface area contributed by atoms with Gasteiger partial charge < -0.3 is 0 Å².